The highest BCUT2D eigenvalue weighted by Crippen LogP contribution is 2.32. The zero-order valence-electron chi connectivity index (χ0n) is 10.0. The molecule has 0 radical (unpaired) electrons. The monoisotopic (exact) mass is 245 g/mol. The van der Waals surface area contributed by atoms with Gasteiger partial charge in [0, 0.05) is 17.8 Å². The minimum absolute atomic E-state index is 0.477. The van der Waals surface area contributed by atoms with Crippen LogP contribution in [0.5, 0.6) is 0 Å². The molecular weight excluding hydrogens is 230 g/mol. The van der Waals surface area contributed by atoms with Crippen molar-refractivity contribution in [3.05, 3.63) is 23.8 Å². The van der Waals surface area contributed by atoms with E-state index < -0.39 is 0 Å². The van der Waals surface area contributed by atoms with Crippen LogP contribution in [-0.4, -0.2) is 30.6 Å². The maximum atomic E-state index is 4.55. The van der Waals surface area contributed by atoms with Gasteiger partial charge in [0.05, 0.1) is 6.54 Å². The minimum Gasteiger partial charge on any atom is -0.347 e. The van der Waals surface area contributed by atoms with Crippen molar-refractivity contribution in [2.24, 2.45) is 0 Å². The van der Waals surface area contributed by atoms with E-state index in [-0.39, 0.29) is 0 Å². The second-order valence-corrected chi connectivity index (χ2v) is 4.47. The van der Waals surface area contributed by atoms with Crippen LogP contribution < -0.4 is 5.32 Å². The SMILES string of the molecule is c1cc(C2CCCC2)nc(NCc2nn[nH]n2)n1. The number of rotatable bonds is 4. The molecule has 1 saturated carbocycles. The van der Waals surface area contributed by atoms with Gasteiger partial charge in [-0.05, 0) is 18.9 Å². The fourth-order valence-corrected chi connectivity index (χ4v) is 2.32. The first-order valence-corrected chi connectivity index (χ1v) is 6.21. The summed E-state index contributed by atoms with van der Waals surface area (Å²) in [6.07, 6.45) is 6.89. The summed E-state index contributed by atoms with van der Waals surface area (Å²) in [6, 6.07) is 2.01. The van der Waals surface area contributed by atoms with Crippen molar-refractivity contribution in [3.63, 3.8) is 0 Å². The number of aromatic nitrogens is 6. The van der Waals surface area contributed by atoms with Gasteiger partial charge >= 0.3 is 0 Å². The van der Waals surface area contributed by atoms with Crippen LogP contribution >= 0.6 is 0 Å². The first kappa shape index (κ1) is 11.1. The summed E-state index contributed by atoms with van der Waals surface area (Å²) in [5, 5.41) is 16.7. The summed E-state index contributed by atoms with van der Waals surface area (Å²) in [5.41, 5.74) is 1.14. The minimum atomic E-state index is 0.477. The molecule has 7 nitrogen and oxygen atoms in total. The quantitative estimate of drug-likeness (QED) is 0.842. The van der Waals surface area contributed by atoms with E-state index in [2.05, 4.69) is 35.9 Å². The molecule has 2 N–H and O–H groups in total. The van der Waals surface area contributed by atoms with Gasteiger partial charge in [0.15, 0.2) is 5.82 Å². The molecule has 0 atom stereocenters. The number of nitrogens with one attached hydrogen (secondary N) is 2. The molecule has 1 aliphatic carbocycles. The third-order valence-electron chi connectivity index (χ3n) is 3.24. The highest BCUT2D eigenvalue weighted by atomic mass is 15.5. The van der Waals surface area contributed by atoms with Crippen LogP contribution in [0.4, 0.5) is 5.95 Å². The average Bonchev–Trinajstić information content (AvgIpc) is 3.10. The van der Waals surface area contributed by atoms with Crippen LogP contribution in [0.3, 0.4) is 0 Å². The average molecular weight is 245 g/mol. The summed E-state index contributed by atoms with van der Waals surface area (Å²) in [4.78, 5) is 8.75. The number of aromatic amines is 1. The molecule has 1 aliphatic rings. The second kappa shape index (κ2) is 5.07. The molecule has 2 aromatic rings. The zero-order valence-corrected chi connectivity index (χ0v) is 10.0. The van der Waals surface area contributed by atoms with Gasteiger partial charge in [0.1, 0.15) is 0 Å². The van der Waals surface area contributed by atoms with Crippen molar-refractivity contribution in [2.45, 2.75) is 38.1 Å². The maximum Gasteiger partial charge on any atom is 0.223 e. The predicted octanol–water partition coefficient (Wildman–Crippen LogP) is 1.26. The third-order valence-corrected chi connectivity index (χ3v) is 3.24. The van der Waals surface area contributed by atoms with Crippen LogP contribution in [0.2, 0.25) is 0 Å². The number of tetrazole rings is 1. The Balaban J connectivity index is 1.66. The standard InChI is InChI=1S/C11H15N7/c1-2-4-8(3-1)9-5-6-12-11(14-9)13-7-10-15-17-18-16-10/h5-6,8H,1-4,7H2,(H,12,13,14)(H,15,16,17,18). The van der Waals surface area contributed by atoms with Crippen LogP contribution in [0, 0.1) is 0 Å². The van der Waals surface area contributed by atoms with Crippen molar-refractivity contribution in [1.82, 2.24) is 30.6 Å². The van der Waals surface area contributed by atoms with Crippen molar-refractivity contribution in [1.29, 1.82) is 0 Å². The van der Waals surface area contributed by atoms with E-state index in [1.54, 1.807) is 6.20 Å². The number of H-pyrrole nitrogens is 1. The van der Waals surface area contributed by atoms with Gasteiger partial charge in [0.25, 0.3) is 0 Å². The van der Waals surface area contributed by atoms with Crippen LogP contribution in [-0.2, 0) is 6.54 Å². The molecule has 0 unspecified atom stereocenters. The first-order chi connectivity index (χ1) is 8.92. The van der Waals surface area contributed by atoms with Gasteiger partial charge < -0.3 is 5.32 Å². The summed E-state index contributed by atoms with van der Waals surface area (Å²) in [5.74, 6) is 1.83. The van der Waals surface area contributed by atoms with E-state index in [0.717, 1.165) is 5.69 Å². The van der Waals surface area contributed by atoms with Crippen LogP contribution in [0.1, 0.15) is 43.1 Å². The lowest BCUT2D eigenvalue weighted by Crippen LogP contribution is -2.07. The van der Waals surface area contributed by atoms with Gasteiger partial charge in [-0.2, -0.15) is 5.21 Å². The summed E-state index contributed by atoms with van der Waals surface area (Å²) < 4.78 is 0. The van der Waals surface area contributed by atoms with Gasteiger partial charge in [0.2, 0.25) is 5.95 Å². The molecule has 0 aromatic carbocycles. The Bertz CT molecular complexity index is 490. The number of hydrogen-bond acceptors (Lipinski definition) is 6. The molecule has 0 spiro atoms. The van der Waals surface area contributed by atoms with Gasteiger partial charge in [-0.15, -0.1) is 10.2 Å². The largest absolute Gasteiger partial charge is 0.347 e. The molecule has 1 fully saturated rings. The van der Waals surface area contributed by atoms with Crippen molar-refractivity contribution < 1.29 is 0 Å². The second-order valence-electron chi connectivity index (χ2n) is 4.47. The molecule has 2 heterocycles. The predicted molar refractivity (Wildman–Crippen MR) is 64.7 cm³/mol. The normalized spacial score (nSPS) is 16.0. The summed E-state index contributed by atoms with van der Waals surface area (Å²) >= 11 is 0. The lowest BCUT2D eigenvalue weighted by atomic mass is 10.0. The third kappa shape index (κ3) is 2.44. The topological polar surface area (TPSA) is 92.3 Å². The number of nitrogens with zero attached hydrogens (tertiary/aromatic N) is 5. The fraction of sp³-hybridized carbons (Fsp3) is 0.545. The molecule has 0 aliphatic heterocycles. The summed E-state index contributed by atoms with van der Waals surface area (Å²) in [7, 11) is 0. The van der Waals surface area contributed by atoms with E-state index in [9.17, 15) is 0 Å². The van der Waals surface area contributed by atoms with Gasteiger partial charge in [-0.25, -0.2) is 9.97 Å². The van der Waals surface area contributed by atoms with E-state index >= 15 is 0 Å². The molecule has 18 heavy (non-hydrogen) atoms. The molecule has 0 saturated heterocycles. The van der Waals surface area contributed by atoms with E-state index in [0.29, 0.717) is 24.2 Å². The Kier molecular flexibility index (Phi) is 3.12. The summed E-state index contributed by atoms with van der Waals surface area (Å²) in [6.45, 7) is 0.477. The number of anilines is 1. The Morgan fingerprint density at radius 2 is 2.22 bits per heavy atom. The number of hydrogen-bond donors (Lipinski definition) is 2. The van der Waals surface area contributed by atoms with E-state index in [4.69, 9.17) is 0 Å². The van der Waals surface area contributed by atoms with Crippen molar-refractivity contribution in [3.8, 4) is 0 Å². The smallest absolute Gasteiger partial charge is 0.223 e. The highest BCUT2D eigenvalue weighted by molar-refractivity contribution is 5.26. The lowest BCUT2D eigenvalue weighted by molar-refractivity contribution is 0.694. The first-order valence-electron chi connectivity index (χ1n) is 6.21. The maximum absolute atomic E-state index is 4.55. The fourth-order valence-electron chi connectivity index (χ4n) is 2.32. The molecule has 7 heteroatoms. The Morgan fingerprint density at radius 1 is 1.33 bits per heavy atom. The van der Waals surface area contributed by atoms with Crippen LogP contribution in [0.15, 0.2) is 12.3 Å². The highest BCUT2D eigenvalue weighted by Gasteiger charge is 2.18. The molecule has 2 aromatic heterocycles. The molecule has 0 amide bonds. The van der Waals surface area contributed by atoms with E-state index in [1.807, 2.05) is 6.07 Å². The Morgan fingerprint density at radius 3 is 3.00 bits per heavy atom. The molecule has 3 rings (SSSR count). The van der Waals surface area contributed by atoms with Crippen molar-refractivity contribution >= 4 is 5.95 Å². The molecular formula is C11H15N7. The Hall–Kier alpha value is -2.05. The lowest BCUT2D eigenvalue weighted by Gasteiger charge is -2.09. The Labute approximate surface area is 104 Å². The zero-order chi connectivity index (χ0) is 12.2. The van der Waals surface area contributed by atoms with Gasteiger partial charge in [-0.3, -0.25) is 0 Å². The molecule has 0 bridgehead atoms. The molecule has 94 valence electrons. The van der Waals surface area contributed by atoms with Gasteiger partial charge in [-0.1, -0.05) is 18.1 Å². The van der Waals surface area contributed by atoms with E-state index in [1.165, 1.54) is 25.7 Å². The van der Waals surface area contributed by atoms with Crippen LogP contribution in [0.25, 0.3) is 0 Å². The van der Waals surface area contributed by atoms with Crippen molar-refractivity contribution in [2.75, 3.05) is 5.32 Å².